The van der Waals surface area contributed by atoms with Crippen molar-refractivity contribution in [1.82, 2.24) is 20.1 Å². The Kier molecular flexibility index (Phi) is 3.37. The van der Waals surface area contributed by atoms with Crippen molar-refractivity contribution in [3.63, 3.8) is 0 Å². The summed E-state index contributed by atoms with van der Waals surface area (Å²) in [7, 11) is 0. The Morgan fingerprint density at radius 3 is 3.00 bits per heavy atom. The Morgan fingerprint density at radius 1 is 1.36 bits per heavy atom. The van der Waals surface area contributed by atoms with Gasteiger partial charge in [-0.25, -0.2) is 4.98 Å². The highest BCUT2D eigenvalue weighted by molar-refractivity contribution is 7.13. The average molecular weight is 335 g/mol. The number of thiazole rings is 1. The van der Waals surface area contributed by atoms with E-state index in [-0.39, 0.29) is 11.3 Å². The molecule has 0 aliphatic carbocycles. The van der Waals surface area contributed by atoms with Gasteiger partial charge >= 0.3 is 0 Å². The van der Waals surface area contributed by atoms with Crippen LogP contribution in [0.15, 0.2) is 10.9 Å². The second kappa shape index (κ2) is 5.27. The van der Waals surface area contributed by atoms with Crippen LogP contribution < -0.4 is 4.90 Å². The van der Waals surface area contributed by atoms with Crippen molar-refractivity contribution < 1.29 is 4.79 Å². The number of anilines is 1. The first-order valence-corrected chi connectivity index (χ1v) is 9.09. The van der Waals surface area contributed by atoms with Gasteiger partial charge in [0.1, 0.15) is 5.51 Å². The number of amides is 1. The normalized spacial score (nSPS) is 24.9. The fourth-order valence-electron chi connectivity index (χ4n) is 3.48. The number of hydrogen-bond donors (Lipinski definition) is 0. The van der Waals surface area contributed by atoms with Crippen molar-refractivity contribution >= 4 is 33.7 Å². The van der Waals surface area contributed by atoms with Gasteiger partial charge in [-0.05, 0) is 13.3 Å². The maximum atomic E-state index is 12.4. The van der Waals surface area contributed by atoms with Gasteiger partial charge in [0.25, 0.3) is 0 Å². The standard InChI is InChI=1S/C14H17N5OS2/c1-10-16-11(6-21-10)5-19-8-14(4-12(19)20)2-3-18(7-14)13-17-15-9-22-13/h6,9H,2-5,7-8H2,1H3. The molecule has 2 aliphatic heterocycles. The smallest absolute Gasteiger partial charge is 0.223 e. The summed E-state index contributed by atoms with van der Waals surface area (Å²) < 4.78 is 0. The first-order chi connectivity index (χ1) is 10.6. The highest BCUT2D eigenvalue weighted by Gasteiger charge is 2.47. The van der Waals surface area contributed by atoms with Crippen LogP contribution in [-0.4, -0.2) is 45.6 Å². The molecular formula is C14H17N5OS2. The van der Waals surface area contributed by atoms with Crippen LogP contribution in [0.25, 0.3) is 0 Å². The summed E-state index contributed by atoms with van der Waals surface area (Å²) in [6.07, 6.45) is 1.69. The van der Waals surface area contributed by atoms with Crippen molar-refractivity contribution in [2.75, 3.05) is 24.5 Å². The first-order valence-electron chi connectivity index (χ1n) is 7.33. The second-order valence-electron chi connectivity index (χ2n) is 6.18. The van der Waals surface area contributed by atoms with Gasteiger partial charge in [0.15, 0.2) is 0 Å². The minimum Gasteiger partial charge on any atom is -0.346 e. The van der Waals surface area contributed by atoms with Gasteiger partial charge in [-0.15, -0.1) is 21.5 Å². The number of aryl methyl sites for hydroxylation is 1. The van der Waals surface area contributed by atoms with Gasteiger partial charge in [-0.3, -0.25) is 4.79 Å². The zero-order valence-electron chi connectivity index (χ0n) is 12.4. The summed E-state index contributed by atoms with van der Waals surface area (Å²) in [4.78, 5) is 21.1. The Hall–Kier alpha value is -1.54. The predicted octanol–water partition coefficient (Wildman–Crippen LogP) is 1.93. The zero-order valence-corrected chi connectivity index (χ0v) is 14.0. The molecule has 2 aromatic rings. The van der Waals surface area contributed by atoms with Gasteiger partial charge < -0.3 is 9.80 Å². The predicted molar refractivity (Wildman–Crippen MR) is 86.1 cm³/mol. The van der Waals surface area contributed by atoms with E-state index in [0.29, 0.717) is 13.0 Å². The van der Waals surface area contributed by atoms with Gasteiger partial charge in [-0.2, -0.15) is 0 Å². The SMILES string of the molecule is Cc1nc(CN2CC3(CCN(c4nncs4)C3)CC2=O)cs1. The molecule has 1 unspecified atom stereocenters. The van der Waals surface area contributed by atoms with E-state index in [2.05, 4.69) is 25.5 Å². The van der Waals surface area contributed by atoms with E-state index in [1.807, 2.05) is 11.8 Å². The molecule has 22 heavy (non-hydrogen) atoms. The summed E-state index contributed by atoms with van der Waals surface area (Å²) >= 11 is 3.21. The quantitative estimate of drug-likeness (QED) is 0.858. The van der Waals surface area contributed by atoms with Crippen LogP contribution in [0.4, 0.5) is 5.13 Å². The van der Waals surface area contributed by atoms with Crippen molar-refractivity contribution in [1.29, 1.82) is 0 Å². The largest absolute Gasteiger partial charge is 0.346 e. The topological polar surface area (TPSA) is 62.2 Å². The zero-order chi connectivity index (χ0) is 15.2. The molecule has 0 bridgehead atoms. The highest BCUT2D eigenvalue weighted by Crippen LogP contribution is 2.42. The molecule has 2 aromatic heterocycles. The molecule has 2 aliphatic rings. The first kappa shape index (κ1) is 14.1. The Labute approximate surface area is 136 Å². The monoisotopic (exact) mass is 335 g/mol. The minimum absolute atomic E-state index is 0.0772. The number of nitrogens with zero attached hydrogens (tertiary/aromatic N) is 5. The lowest BCUT2D eigenvalue weighted by Gasteiger charge is -2.23. The van der Waals surface area contributed by atoms with Crippen molar-refractivity contribution in [3.8, 4) is 0 Å². The molecule has 0 radical (unpaired) electrons. The Bertz CT molecular complexity index is 685. The van der Waals surface area contributed by atoms with E-state index in [4.69, 9.17) is 0 Å². The molecule has 0 N–H and O–H groups in total. The third-order valence-corrected chi connectivity index (χ3v) is 6.05. The Morgan fingerprint density at radius 2 is 2.27 bits per heavy atom. The van der Waals surface area contributed by atoms with Gasteiger partial charge in [-0.1, -0.05) is 11.3 Å². The summed E-state index contributed by atoms with van der Waals surface area (Å²) in [6, 6.07) is 0. The lowest BCUT2D eigenvalue weighted by Crippen LogP contribution is -2.31. The second-order valence-corrected chi connectivity index (χ2v) is 8.05. The van der Waals surface area contributed by atoms with Crippen LogP contribution in [0.5, 0.6) is 0 Å². The average Bonchev–Trinajstić information content (AvgIpc) is 3.22. The van der Waals surface area contributed by atoms with Gasteiger partial charge in [0.05, 0.1) is 17.2 Å². The maximum absolute atomic E-state index is 12.4. The molecule has 0 aromatic carbocycles. The molecule has 4 heterocycles. The number of hydrogen-bond acceptors (Lipinski definition) is 7. The van der Waals surface area contributed by atoms with E-state index in [1.54, 1.807) is 28.2 Å². The third kappa shape index (κ3) is 2.50. The fraction of sp³-hybridized carbons (Fsp3) is 0.571. The van der Waals surface area contributed by atoms with Gasteiger partial charge in [0, 0.05) is 36.9 Å². The molecule has 4 rings (SSSR count). The molecule has 0 saturated carbocycles. The van der Waals surface area contributed by atoms with E-state index in [0.717, 1.165) is 41.9 Å². The van der Waals surface area contributed by atoms with E-state index in [9.17, 15) is 4.79 Å². The van der Waals surface area contributed by atoms with Crippen LogP contribution in [-0.2, 0) is 11.3 Å². The van der Waals surface area contributed by atoms with Crippen LogP contribution in [0, 0.1) is 12.3 Å². The molecule has 2 saturated heterocycles. The molecule has 2 fully saturated rings. The lowest BCUT2D eigenvalue weighted by molar-refractivity contribution is -0.128. The number of carbonyl (C=O) groups excluding carboxylic acids is 1. The maximum Gasteiger partial charge on any atom is 0.223 e. The third-order valence-electron chi connectivity index (χ3n) is 4.48. The van der Waals surface area contributed by atoms with Crippen LogP contribution in [0.1, 0.15) is 23.5 Å². The van der Waals surface area contributed by atoms with Crippen molar-refractivity contribution in [2.24, 2.45) is 5.41 Å². The molecule has 8 heteroatoms. The summed E-state index contributed by atoms with van der Waals surface area (Å²) in [5.74, 6) is 0.254. The van der Waals surface area contributed by atoms with E-state index < -0.39 is 0 Å². The number of likely N-dealkylation sites (tertiary alicyclic amines) is 1. The lowest BCUT2D eigenvalue weighted by atomic mass is 9.86. The molecular weight excluding hydrogens is 318 g/mol. The minimum atomic E-state index is 0.0772. The van der Waals surface area contributed by atoms with Crippen LogP contribution in [0.3, 0.4) is 0 Å². The van der Waals surface area contributed by atoms with Gasteiger partial charge in [0.2, 0.25) is 11.0 Å². The van der Waals surface area contributed by atoms with E-state index in [1.165, 1.54) is 0 Å². The summed E-state index contributed by atoms with van der Waals surface area (Å²) in [6.45, 7) is 5.34. The summed E-state index contributed by atoms with van der Waals surface area (Å²) in [5, 5.41) is 12.1. The summed E-state index contributed by atoms with van der Waals surface area (Å²) in [5.41, 5.74) is 2.84. The number of aromatic nitrogens is 3. The van der Waals surface area contributed by atoms with E-state index >= 15 is 0 Å². The molecule has 1 atom stereocenters. The fourth-order valence-corrected chi connectivity index (χ4v) is 4.67. The molecule has 1 amide bonds. The number of carbonyl (C=O) groups is 1. The molecule has 1 spiro atoms. The Balaban J connectivity index is 1.45. The highest BCUT2D eigenvalue weighted by atomic mass is 32.1. The number of rotatable bonds is 3. The molecule has 6 nitrogen and oxygen atoms in total. The van der Waals surface area contributed by atoms with Crippen LogP contribution >= 0.6 is 22.7 Å². The molecule has 116 valence electrons. The van der Waals surface area contributed by atoms with Crippen LogP contribution in [0.2, 0.25) is 0 Å². The van der Waals surface area contributed by atoms with Crippen molar-refractivity contribution in [2.45, 2.75) is 26.3 Å². The van der Waals surface area contributed by atoms with Crippen molar-refractivity contribution in [3.05, 3.63) is 21.6 Å².